The third-order valence-electron chi connectivity index (χ3n) is 4.03. The molecule has 140 valence electrons. The summed E-state index contributed by atoms with van der Waals surface area (Å²) in [5.41, 5.74) is 3.03. The van der Waals surface area contributed by atoms with Crippen LogP contribution in [-0.2, 0) is 27.2 Å². The van der Waals surface area contributed by atoms with Gasteiger partial charge in [-0.15, -0.1) is 11.3 Å². The number of aryl methyl sites for hydroxylation is 1. The van der Waals surface area contributed by atoms with E-state index in [1.165, 1.54) is 24.0 Å². The third kappa shape index (κ3) is 5.66. The Morgan fingerprint density at radius 2 is 1.92 bits per heavy atom. The van der Waals surface area contributed by atoms with Gasteiger partial charge in [0.25, 0.3) is 0 Å². The number of esters is 1. The van der Waals surface area contributed by atoms with Crippen molar-refractivity contribution in [3.63, 3.8) is 0 Å². The van der Waals surface area contributed by atoms with Crippen LogP contribution in [0.2, 0.25) is 0 Å². The Labute approximate surface area is 158 Å². The van der Waals surface area contributed by atoms with E-state index in [4.69, 9.17) is 4.74 Å². The third-order valence-corrected chi connectivity index (χ3v) is 4.97. The van der Waals surface area contributed by atoms with Crippen LogP contribution < -0.4 is 5.32 Å². The van der Waals surface area contributed by atoms with Crippen LogP contribution >= 0.6 is 11.3 Å². The van der Waals surface area contributed by atoms with Gasteiger partial charge in [0.05, 0.1) is 19.2 Å². The fraction of sp³-hybridized carbons (Fsp3) is 0.450. The van der Waals surface area contributed by atoms with Crippen molar-refractivity contribution in [2.24, 2.45) is 5.92 Å². The van der Waals surface area contributed by atoms with Gasteiger partial charge in [-0.3, -0.25) is 4.79 Å². The lowest BCUT2D eigenvalue weighted by atomic mass is 10.0. The number of thiazole rings is 1. The SMILES string of the molecule is CCc1ccc(-c2nc(CC(=O)NC(CC(C)C)C(=O)OC)cs2)cc1. The number of nitrogens with zero attached hydrogens (tertiary/aromatic N) is 1. The van der Waals surface area contributed by atoms with Gasteiger partial charge in [-0.25, -0.2) is 9.78 Å². The zero-order valence-electron chi connectivity index (χ0n) is 15.7. The fourth-order valence-electron chi connectivity index (χ4n) is 2.64. The first kappa shape index (κ1) is 20.1. The summed E-state index contributed by atoms with van der Waals surface area (Å²) in [4.78, 5) is 28.7. The van der Waals surface area contributed by atoms with Gasteiger partial charge in [0.2, 0.25) is 5.91 Å². The van der Waals surface area contributed by atoms with Gasteiger partial charge in [0, 0.05) is 10.9 Å². The first-order chi connectivity index (χ1) is 12.4. The molecule has 0 spiro atoms. The molecule has 0 aliphatic rings. The molecule has 0 aliphatic carbocycles. The molecule has 2 rings (SSSR count). The molecule has 26 heavy (non-hydrogen) atoms. The molecule has 0 saturated heterocycles. The molecule has 0 fully saturated rings. The molecule has 1 N–H and O–H groups in total. The fourth-order valence-corrected chi connectivity index (χ4v) is 3.47. The van der Waals surface area contributed by atoms with Gasteiger partial charge in [-0.1, -0.05) is 45.0 Å². The van der Waals surface area contributed by atoms with Crippen molar-refractivity contribution in [2.75, 3.05) is 7.11 Å². The number of benzene rings is 1. The van der Waals surface area contributed by atoms with Crippen LogP contribution in [-0.4, -0.2) is 30.0 Å². The highest BCUT2D eigenvalue weighted by atomic mass is 32.1. The molecule has 0 saturated carbocycles. The average molecular weight is 375 g/mol. The second-order valence-electron chi connectivity index (χ2n) is 6.64. The van der Waals surface area contributed by atoms with Crippen LogP contribution in [0, 0.1) is 5.92 Å². The molecular formula is C20H26N2O3S. The Hall–Kier alpha value is -2.21. The summed E-state index contributed by atoms with van der Waals surface area (Å²) in [7, 11) is 1.33. The minimum absolute atomic E-state index is 0.148. The maximum atomic E-state index is 12.3. The van der Waals surface area contributed by atoms with Gasteiger partial charge < -0.3 is 10.1 Å². The van der Waals surface area contributed by atoms with E-state index < -0.39 is 12.0 Å². The van der Waals surface area contributed by atoms with E-state index >= 15 is 0 Å². The Bertz CT molecular complexity index is 738. The number of hydrogen-bond acceptors (Lipinski definition) is 5. The number of hydrogen-bond donors (Lipinski definition) is 1. The molecule has 1 heterocycles. The first-order valence-electron chi connectivity index (χ1n) is 8.83. The summed E-state index contributed by atoms with van der Waals surface area (Å²) in [6, 6.07) is 7.67. The average Bonchev–Trinajstić information content (AvgIpc) is 3.08. The molecule has 6 heteroatoms. The Morgan fingerprint density at radius 1 is 1.23 bits per heavy atom. The number of rotatable bonds is 8. The Morgan fingerprint density at radius 3 is 2.50 bits per heavy atom. The largest absolute Gasteiger partial charge is 0.467 e. The van der Waals surface area contributed by atoms with E-state index in [2.05, 4.69) is 41.5 Å². The summed E-state index contributed by atoms with van der Waals surface area (Å²) in [6.07, 6.45) is 1.70. The van der Waals surface area contributed by atoms with E-state index in [0.717, 1.165) is 17.0 Å². The minimum atomic E-state index is -0.618. The summed E-state index contributed by atoms with van der Waals surface area (Å²) in [6.45, 7) is 6.12. The lowest BCUT2D eigenvalue weighted by Gasteiger charge is -2.18. The van der Waals surface area contributed by atoms with Gasteiger partial charge in [0.15, 0.2) is 0 Å². The number of nitrogens with one attached hydrogen (secondary N) is 1. The monoisotopic (exact) mass is 374 g/mol. The first-order valence-corrected chi connectivity index (χ1v) is 9.71. The standard InChI is InChI=1S/C20H26N2O3S/c1-5-14-6-8-15(9-7-14)19-21-16(12-26-19)11-18(23)22-17(10-13(2)3)20(24)25-4/h6-9,12-13,17H,5,10-11H2,1-4H3,(H,22,23). The smallest absolute Gasteiger partial charge is 0.328 e. The Kier molecular flexibility index (Phi) is 7.33. The molecule has 0 bridgehead atoms. The lowest BCUT2D eigenvalue weighted by Crippen LogP contribution is -2.43. The van der Waals surface area contributed by atoms with Gasteiger partial charge in [0.1, 0.15) is 11.0 Å². The number of methoxy groups -OCH3 is 1. The molecule has 2 aromatic rings. The molecule has 1 aromatic carbocycles. The predicted octanol–water partition coefficient (Wildman–Crippen LogP) is 3.62. The number of aromatic nitrogens is 1. The lowest BCUT2D eigenvalue weighted by molar-refractivity contribution is -0.145. The molecule has 1 aromatic heterocycles. The molecule has 1 unspecified atom stereocenters. The van der Waals surface area contributed by atoms with Crippen LogP contribution in [0.15, 0.2) is 29.6 Å². The van der Waals surface area contributed by atoms with Gasteiger partial charge in [-0.2, -0.15) is 0 Å². The number of carbonyl (C=O) groups excluding carboxylic acids is 2. The maximum absolute atomic E-state index is 12.3. The summed E-state index contributed by atoms with van der Waals surface area (Å²) >= 11 is 1.52. The molecule has 0 radical (unpaired) electrons. The molecule has 1 atom stereocenters. The molecule has 5 nitrogen and oxygen atoms in total. The number of carbonyl (C=O) groups is 2. The van der Waals surface area contributed by atoms with E-state index in [0.29, 0.717) is 12.1 Å². The summed E-state index contributed by atoms with van der Waals surface area (Å²) in [5, 5.41) is 5.54. The van der Waals surface area contributed by atoms with Crippen LogP contribution in [0.5, 0.6) is 0 Å². The highest BCUT2D eigenvalue weighted by Crippen LogP contribution is 2.24. The highest BCUT2D eigenvalue weighted by molar-refractivity contribution is 7.13. The normalized spacial score (nSPS) is 12.0. The number of ether oxygens (including phenoxy) is 1. The maximum Gasteiger partial charge on any atom is 0.328 e. The van der Waals surface area contributed by atoms with Crippen LogP contribution in [0.4, 0.5) is 0 Å². The van der Waals surface area contributed by atoms with Crippen LogP contribution in [0.25, 0.3) is 10.6 Å². The van der Waals surface area contributed by atoms with E-state index in [1.54, 1.807) is 0 Å². The van der Waals surface area contributed by atoms with E-state index in [-0.39, 0.29) is 18.2 Å². The second kappa shape index (κ2) is 9.48. The zero-order valence-corrected chi connectivity index (χ0v) is 16.6. The second-order valence-corrected chi connectivity index (χ2v) is 7.50. The van der Waals surface area contributed by atoms with Crippen LogP contribution in [0.3, 0.4) is 0 Å². The minimum Gasteiger partial charge on any atom is -0.467 e. The molecular weight excluding hydrogens is 348 g/mol. The van der Waals surface area contributed by atoms with Crippen molar-refractivity contribution in [1.82, 2.24) is 10.3 Å². The highest BCUT2D eigenvalue weighted by Gasteiger charge is 2.23. The number of amides is 1. The van der Waals surface area contributed by atoms with Crippen LogP contribution in [0.1, 0.15) is 38.4 Å². The topological polar surface area (TPSA) is 68.3 Å². The molecule has 0 aliphatic heterocycles. The molecule has 1 amide bonds. The zero-order chi connectivity index (χ0) is 19.1. The van der Waals surface area contributed by atoms with Gasteiger partial charge >= 0.3 is 5.97 Å². The summed E-state index contributed by atoms with van der Waals surface area (Å²) < 4.78 is 4.78. The predicted molar refractivity (Wildman–Crippen MR) is 104 cm³/mol. The summed E-state index contributed by atoms with van der Waals surface area (Å²) in [5.74, 6) is -0.363. The Balaban J connectivity index is 2.00. The quantitative estimate of drug-likeness (QED) is 0.717. The van der Waals surface area contributed by atoms with Crippen molar-refractivity contribution in [3.8, 4) is 10.6 Å². The van der Waals surface area contributed by atoms with E-state index in [9.17, 15) is 9.59 Å². The van der Waals surface area contributed by atoms with E-state index in [1.807, 2.05) is 19.2 Å². The van der Waals surface area contributed by atoms with Crippen molar-refractivity contribution in [1.29, 1.82) is 0 Å². The van der Waals surface area contributed by atoms with Gasteiger partial charge in [-0.05, 0) is 24.3 Å². The van der Waals surface area contributed by atoms with Crippen molar-refractivity contribution in [3.05, 3.63) is 40.9 Å². The van der Waals surface area contributed by atoms with Crippen molar-refractivity contribution < 1.29 is 14.3 Å². The van der Waals surface area contributed by atoms with Crippen molar-refractivity contribution in [2.45, 2.75) is 46.1 Å². The van der Waals surface area contributed by atoms with Crippen molar-refractivity contribution >= 4 is 23.2 Å².